The van der Waals surface area contributed by atoms with E-state index in [-0.39, 0.29) is 5.56 Å². The van der Waals surface area contributed by atoms with Gasteiger partial charge in [-0.15, -0.1) is 0 Å². The van der Waals surface area contributed by atoms with E-state index in [4.69, 9.17) is 5.11 Å². The smallest absolute Gasteiger partial charge is 0.339 e. The summed E-state index contributed by atoms with van der Waals surface area (Å²) < 4.78 is 0. The number of hydrogen-bond donors (Lipinski definition) is 2. The van der Waals surface area contributed by atoms with Crippen molar-refractivity contribution in [3.63, 3.8) is 0 Å². The SMILES string of the molecule is O=C(O)c1cccnc1NCC1CCCS1. The fourth-order valence-corrected chi connectivity index (χ4v) is 2.94. The van der Waals surface area contributed by atoms with Crippen molar-refractivity contribution in [3.8, 4) is 0 Å². The molecular weight excluding hydrogens is 224 g/mol. The van der Waals surface area contributed by atoms with E-state index in [0.717, 1.165) is 6.54 Å². The number of aromatic carboxylic acids is 1. The summed E-state index contributed by atoms with van der Waals surface area (Å²) in [5.74, 6) is 0.748. The number of thioether (sulfide) groups is 1. The second kappa shape index (κ2) is 5.21. The molecule has 2 rings (SSSR count). The van der Waals surface area contributed by atoms with Gasteiger partial charge in [0.25, 0.3) is 0 Å². The van der Waals surface area contributed by atoms with Crippen molar-refractivity contribution in [2.24, 2.45) is 0 Å². The highest BCUT2D eigenvalue weighted by Gasteiger charge is 2.17. The van der Waals surface area contributed by atoms with Crippen LogP contribution in [0.3, 0.4) is 0 Å². The van der Waals surface area contributed by atoms with Crippen molar-refractivity contribution in [2.45, 2.75) is 18.1 Å². The van der Waals surface area contributed by atoms with Crippen LogP contribution >= 0.6 is 11.8 Å². The first-order valence-electron chi connectivity index (χ1n) is 5.31. The largest absolute Gasteiger partial charge is 0.478 e. The minimum absolute atomic E-state index is 0.241. The number of anilines is 1. The van der Waals surface area contributed by atoms with E-state index in [0.29, 0.717) is 11.1 Å². The molecule has 0 aromatic carbocycles. The quantitative estimate of drug-likeness (QED) is 0.841. The molecule has 1 fully saturated rings. The molecule has 86 valence electrons. The predicted molar refractivity (Wildman–Crippen MR) is 65.2 cm³/mol. The maximum absolute atomic E-state index is 10.9. The number of nitrogens with one attached hydrogen (secondary N) is 1. The lowest BCUT2D eigenvalue weighted by Crippen LogP contribution is -2.16. The van der Waals surface area contributed by atoms with Gasteiger partial charge in [0.15, 0.2) is 0 Å². The van der Waals surface area contributed by atoms with Crippen molar-refractivity contribution < 1.29 is 9.90 Å². The van der Waals surface area contributed by atoms with Crippen LogP contribution in [0.25, 0.3) is 0 Å². The summed E-state index contributed by atoms with van der Waals surface area (Å²) >= 11 is 1.94. The summed E-state index contributed by atoms with van der Waals surface area (Å²) in [4.78, 5) is 15.0. The Balaban J connectivity index is 2.00. The van der Waals surface area contributed by atoms with Gasteiger partial charge >= 0.3 is 5.97 Å². The highest BCUT2D eigenvalue weighted by molar-refractivity contribution is 8.00. The van der Waals surface area contributed by atoms with E-state index in [1.165, 1.54) is 18.6 Å². The predicted octanol–water partition coefficient (Wildman–Crippen LogP) is 2.09. The van der Waals surface area contributed by atoms with Crippen LogP contribution in [0.15, 0.2) is 18.3 Å². The lowest BCUT2D eigenvalue weighted by atomic mass is 10.2. The van der Waals surface area contributed by atoms with Gasteiger partial charge in [-0.05, 0) is 30.7 Å². The monoisotopic (exact) mass is 238 g/mol. The molecule has 0 amide bonds. The summed E-state index contributed by atoms with van der Waals surface area (Å²) in [7, 11) is 0. The molecule has 1 aliphatic rings. The number of carboxylic acid groups (broad SMARTS) is 1. The molecule has 1 aromatic rings. The third kappa shape index (κ3) is 2.66. The third-order valence-electron chi connectivity index (χ3n) is 2.56. The Hall–Kier alpha value is -1.23. The summed E-state index contributed by atoms with van der Waals surface area (Å²) in [5.41, 5.74) is 0.241. The number of rotatable bonds is 4. The van der Waals surface area contributed by atoms with Crippen LogP contribution in [0.5, 0.6) is 0 Å². The van der Waals surface area contributed by atoms with Gasteiger partial charge in [-0.2, -0.15) is 11.8 Å². The zero-order valence-corrected chi connectivity index (χ0v) is 9.67. The molecule has 0 spiro atoms. The number of carboxylic acids is 1. The third-order valence-corrected chi connectivity index (χ3v) is 3.96. The van der Waals surface area contributed by atoms with E-state index in [9.17, 15) is 4.79 Å². The molecule has 2 heterocycles. The molecule has 0 radical (unpaired) electrons. The van der Waals surface area contributed by atoms with Crippen LogP contribution < -0.4 is 5.32 Å². The molecular formula is C11H14N2O2S. The average Bonchev–Trinajstić information content (AvgIpc) is 2.79. The number of nitrogens with zero attached hydrogens (tertiary/aromatic N) is 1. The molecule has 1 atom stereocenters. The Morgan fingerprint density at radius 3 is 3.25 bits per heavy atom. The Morgan fingerprint density at radius 1 is 1.69 bits per heavy atom. The fraction of sp³-hybridized carbons (Fsp3) is 0.455. The van der Waals surface area contributed by atoms with Gasteiger partial charge in [-0.25, -0.2) is 9.78 Å². The van der Waals surface area contributed by atoms with E-state index in [1.807, 2.05) is 11.8 Å². The van der Waals surface area contributed by atoms with Crippen molar-refractivity contribution in [1.29, 1.82) is 0 Å². The zero-order chi connectivity index (χ0) is 11.4. The molecule has 1 unspecified atom stereocenters. The van der Waals surface area contributed by atoms with Gasteiger partial charge in [0.2, 0.25) is 0 Å². The number of pyridine rings is 1. The molecule has 4 nitrogen and oxygen atoms in total. The standard InChI is InChI=1S/C11H14N2O2S/c14-11(15)9-4-1-5-12-10(9)13-7-8-3-2-6-16-8/h1,4-5,8H,2-3,6-7H2,(H,12,13)(H,14,15). The lowest BCUT2D eigenvalue weighted by molar-refractivity contribution is 0.0697. The summed E-state index contributed by atoms with van der Waals surface area (Å²) in [6, 6.07) is 3.21. The highest BCUT2D eigenvalue weighted by Crippen LogP contribution is 2.26. The van der Waals surface area contributed by atoms with Gasteiger partial charge in [0, 0.05) is 18.0 Å². The lowest BCUT2D eigenvalue weighted by Gasteiger charge is -2.11. The Labute approximate surface area is 98.5 Å². The van der Waals surface area contributed by atoms with Crippen LogP contribution in [0.1, 0.15) is 23.2 Å². The van der Waals surface area contributed by atoms with Crippen molar-refractivity contribution >= 4 is 23.5 Å². The maximum Gasteiger partial charge on any atom is 0.339 e. The Kier molecular flexibility index (Phi) is 3.66. The summed E-state index contributed by atoms with van der Waals surface area (Å²) in [6.07, 6.45) is 4.06. The van der Waals surface area contributed by atoms with E-state index < -0.39 is 5.97 Å². The van der Waals surface area contributed by atoms with Crippen molar-refractivity contribution in [2.75, 3.05) is 17.6 Å². The van der Waals surface area contributed by atoms with Crippen LogP contribution in [0.2, 0.25) is 0 Å². The minimum atomic E-state index is -0.935. The molecule has 1 aliphatic heterocycles. The van der Waals surface area contributed by atoms with Crippen molar-refractivity contribution in [1.82, 2.24) is 4.98 Å². The summed E-state index contributed by atoms with van der Waals surface area (Å²) in [6.45, 7) is 0.794. The molecule has 2 N–H and O–H groups in total. The number of hydrogen-bond acceptors (Lipinski definition) is 4. The van der Waals surface area contributed by atoms with Crippen molar-refractivity contribution in [3.05, 3.63) is 23.9 Å². The minimum Gasteiger partial charge on any atom is -0.478 e. The molecule has 16 heavy (non-hydrogen) atoms. The zero-order valence-electron chi connectivity index (χ0n) is 8.85. The highest BCUT2D eigenvalue weighted by atomic mass is 32.2. The van der Waals surface area contributed by atoms with Gasteiger partial charge in [0.1, 0.15) is 11.4 Å². The maximum atomic E-state index is 10.9. The van der Waals surface area contributed by atoms with E-state index in [2.05, 4.69) is 10.3 Å². The fourth-order valence-electron chi connectivity index (χ4n) is 1.73. The average molecular weight is 238 g/mol. The van der Waals surface area contributed by atoms with Crippen LogP contribution in [-0.2, 0) is 0 Å². The van der Waals surface area contributed by atoms with Gasteiger partial charge in [-0.1, -0.05) is 0 Å². The molecule has 0 saturated carbocycles. The second-order valence-corrected chi connectivity index (χ2v) is 5.13. The van der Waals surface area contributed by atoms with Crippen LogP contribution in [-0.4, -0.2) is 33.6 Å². The first-order valence-corrected chi connectivity index (χ1v) is 6.36. The molecule has 1 saturated heterocycles. The Morgan fingerprint density at radius 2 is 2.56 bits per heavy atom. The Bertz CT molecular complexity index is 378. The number of carbonyl (C=O) groups is 1. The molecule has 5 heteroatoms. The normalized spacial score (nSPS) is 19.6. The van der Waals surface area contributed by atoms with E-state index >= 15 is 0 Å². The van der Waals surface area contributed by atoms with Gasteiger partial charge in [-0.3, -0.25) is 0 Å². The van der Waals surface area contributed by atoms with Gasteiger partial charge < -0.3 is 10.4 Å². The van der Waals surface area contributed by atoms with E-state index in [1.54, 1.807) is 18.3 Å². The summed E-state index contributed by atoms with van der Waals surface area (Å²) in [5, 5.41) is 12.7. The molecule has 0 bridgehead atoms. The number of aromatic nitrogens is 1. The second-order valence-electron chi connectivity index (χ2n) is 3.72. The molecule has 0 aliphatic carbocycles. The molecule has 1 aromatic heterocycles. The van der Waals surface area contributed by atoms with Crippen LogP contribution in [0, 0.1) is 0 Å². The van der Waals surface area contributed by atoms with Crippen LogP contribution in [0.4, 0.5) is 5.82 Å². The topological polar surface area (TPSA) is 62.2 Å². The first-order chi connectivity index (χ1) is 7.77. The first kappa shape index (κ1) is 11.3. The van der Waals surface area contributed by atoms with Gasteiger partial charge in [0.05, 0.1) is 0 Å².